The lowest BCUT2D eigenvalue weighted by Crippen LogP contribution is -2.45. The second-order valence-electron chi connectivity index (χ2n) is 13.0. The van der Waals surface area contributed by atoms with Gasteiger partial charge in [-0.3, -0.25) is 4.79 Å². The highest BCUT2D eigenvalue weighted by atomic mass is 16.3. The van der Waals surface area contributed by atoms with Crippen LogP contribution in [-0.4, -0.2) is 34.9 Å². The highest BCUT2D eigenvalue weighted by Gasteiger charge is 2.17. The van der Waals surface area contributed by atoms with E-state index in [0.29, 0.717) is 6.42 Å². The lowest BCUT2D eigenvalue weighted by Gasteiger charge is -2.20. The van der Waals surface area contributed by atoms with Gasteiger partial charge in [-0.1, -0.05) is 193 Å². The Morgan fingerprint density at radius 3 is 1.24 bits per heavy atom. The van der Waals surface area contributed by atoms with Gasteiger partial charge >= 0.3 is 0 Å². The van der Waals surface area contributed by atoms with Gasteiger partial charge in [0.1, 0.15) is 0 Å². The largest absolute Gasteiger partial charge is 0.394 e. The number of hydrogen-bond acceptors (Lipinski definition) is 3. The van der Waals surface area contributed by atoms with Crippen LogP contribution in [0.5, 0.6) is 0 Å². The molecule has 42 heavy (non-hydrogen) atoms. The summed E-state index contributed by atoms with van der Waals surface area (Å²) in [5.74, 6) is -0.0626. The van der Waals surface area contributed by atoms with Crippen molar-refractivity contribution >= 4 is 5.91 Å². The van der Waals surface area contributed by atoms with E-state index in [1.807, 2.05) is 6.08 Å². The minimum Gasteiger partial charge on any atom is -0.394 e. The predicted octanol–water partition coefficient (Wildman–Crippen LogP) is 11.1. The molecular weight excluding hydrogens is 518 g/mol. The Kier molecular flexibility index (Phi) is 33.9. The van der Waals surface area contributed by atoms with Crippen molar-refractivity contribution in [1.82, 2.24) is 5.32 Å². The summed E-state index contributed by atoms with van der Waals surface area (Å²) in [6.07, 6.45) is 41.6. The van der Waals surface area contributed by atoms with Crippen molar-refractivity contribution in [1.29, 1.82) is 0 Å². The van der Waals surface area contributed by atoms with Gasteiger partial charge in [0.25, 0.3) is 0 Å². The summed E-state index contributed by atoms with van der Waals surface area (Å²) >= 11 is 0. The number of amides is 1. The Hall–Kier alpha value is -0.870. The van der Waals surface area contributed by atoms with E-state index in [2.05, 4.69) is 19.2 Å². The molecule has 250 valence electrons. The van der Waals surface area contributed by atoms with Crippen LogP contribution < -0.4 is 5.32 Å². The predicted molar refractivity (Wildman–Crippen MR) is 184 cm³/mol. The molecule has 0 aliphatic rings. The molecule has 0 saturated heterocycles. The van der Waals surface area contributed by atoms with Crippen molar-refractivity contribution in [2.45, 2.75) is 219 Å². The SMILES string of the molecule is CCCCCCCCCCC/C=C/[C@@H](O)[C@H](CO)NC(=O)CCCCCCCCCCCCCCCCCCCCC. The van der Waals surface area contributed by atoms with E-state index in [4.69, 9.17) is 0 Å². The first kappa shape index (κ1) is 41.1. The lowest BCUT2D eigenvalue weighted by atomic mass is 10.0. The van der Waals surface area contributed by atoms with Crippen molar-refractivity contribution in [2.24, 2.45) is 0 Å². The van der Waals surface area contributed by atoms with Gasteiger partial charge in [-0.2, -0.15) is 0 Å². The van der Waals surface area contributed by atoms with Gasteiger partial charge in [-0.15, -0.1) is 0 Å². The van der Waals surface area contributed by atoms with Gasteiger partial charge in [0.05, 0.1) is 18.8 Å². The maximum Gasteiger partial charge on any atom is 0.220 e. The van der Waals surface area contributed by atoms with Gasteiger partial charge in [-0.05, 0) is 19.3 Å². The third-order valence-corrected chi connectivity index (χ3v) is 8.77. The number of rotatable bonds is 34. The Balaban J connectivity index is 3.54. The number of aliphatic hydroxyl groups excluding tert-OH is 2. The lowest BCUT2D eigenvalue weighted by molar-refractivity contribution is -0.123. The molecular formula is C38H75NO3. The molecule has 0 aromatic heterocycles. The van der Waals surface area contributed by atoms with Crippen molar-refractivity contribution < 1.29 is 15.0 Å². The smallest absolute Gasteiger partial charge is 0.220 e. The number of aliphatic hydroxyl groups is 2. The molecule has 0 radical (unpaired) electrons. The van der Waals surface area contributed by atoms with Crippen LogP contribution in [0, 0.1) is 0 Å². The molecule has 0 bridgehead atoms. The van der Waals surface area contributed by atoms with E-state index >= 15 is 0 Å². The second-order valence-corrected chi connectivity index (χ2v) is 13.0. The molecule has 0 rings (SSSR count). The average molecular weight is 594 g/mol. The summed E-state index contributed by atoms with van der Waals surface area (Å²) in [7, 11) is 0. The van der Waals surface area contributed by atoms with Crippen LogP contribution in [-0.2, 0) is 4.79 Å². The molecule has 2 atom stereocenters. The first-order valence-corrected chi connectivity index (χ1v) is 18.9. The fourth-order valence-electron chi connectivity index (χ4n) is 5.82. The molecule has 0 unspecified atom stereocenters. The third kappa shape index (κ3) is 30.6. The second kappa shape index (κ2) is 34.6. The van der Waals surface area contributed by atoms with E-state index in [-0.39, 0.29) is 12.5 Å². The van der Waals surface area contributed by atoms with E-state index in [1.54, 1.807) is 6.08 Å². The number of unbranched alkanes of at least 4 members (excludes halogenated alkanes) is 27. The Morgan fingerprint density at radius 2 is 0.881 bits per heavy atom. The summed E-state index contributed by atoms with van der Waals surface area (Å²) in [5, 5.41) is 22.8. The minimum atomic E-state index is -0.831. The zero-order chi connectivity index (χ0) is 30.8. The molecule has 0 aliphatic heterocycles. The van der Waals surface area contributed by atoms with E-state index < -0.39 is 12.1 Å². The molecule has 0 aliphatic carbocycles. The summed E-state index contributed by atoms with van der Waals surface area (Å²) in [4.78, 5) is 12.3. The molecule has 4 heteroatoms. The van der Waals surface area contributed by atoms with Crippen molar-refractivity contribution in [3.63, 3.8) is 0 Å². The van der Waals surface area contributed by atoms with Gasteiger partial charge < -0.3 is 15.5 Å². The summed E-state index contributed by atoms with van der Waals surface area (Å²) < 4.78 is 0. The van der Waals surface area contributed by atoms with Gasteiger partial charge in [0.15, 0.2) is 0 Å². The standard InChI is InChI=1S/C38H75NO3/c1-3-5-7-9-11-13-15-16-17-18-19-20-21-22-24-26-28-30-32-34-38(42)39-36(35-40)37(41)33-31-29-27-25-23-14-12-10-8-6-4-2/h31,33,36-37,40-41H,3-30,32,34-35H2,1-2H3,(H,39,42)/b33-31+/t36-,37+/m0/s1. The molecule has 0 heterocycles. The number of carbonyl (C=O) groups is 1. The van der Waals surface area contributed by atoms with Crippen LogP contribution in [0.4, 0.5) is 0 Å². The highest BCUT2D eigenvalue weighted by Crippen LogP contribution is 2.15. The zero-order valence-corrected chi connectivity index (χ0v) is 28.5. The first-order valence-electron chi connectivity index (χ1n) is 18.9. The van der Waals surface area contributed by atoms with Crippen LogP contribution in [0.15, 0.2) is 12.2 Å². The molecule has 3 N–H and O–H groups in total. The average Bonchev–Trinajstić information content (AvgIpc) is 2.99. The van der Waals surface area contributed by atoms with E-state index in [9.17, 15) is 15.0 Å². The van der Waals surface area contributed by atoms with Crippen molar-refractivity contribution in [3.8, 4) is 0 Å². The van der Waals surface area contributed by atoms with E-state index in [0.717, 1.165) is 25.7 Å². The topological polar surface area (TPSA) is 69.6 Å². The number of allylic oxidation sites excluding steroid dienone is 1. The molecule has 0 aromatic carbocycles. The number of carbonyl (C=O) groups excluding carboxylic acids is 1. The number of hydrogen-bond donors (Lipinski definition) is 3. The Morgan fingerprint density at radius 1 is 0.548 bits per heavy atom. The van der Waals surface area contributed by atoms with Gasteiger partial charge in [0.2, 0.25) is 5.91 Å². The van der Waals surface area contributed by atoms with Gasteiger partial charge in [-0.25, -0.2) is 0 Å². The van der Waals surface area contributed by atoms with Crippen LogP contribution in [0.3, 0.4) is 0 Å². The van der Waals surface area contributed by atoms with Gasteiger partial charge in [0, 0.05) is 6.42 Å². The van der Waals surface area contributed by atoms with Crippen LogP contribution >= 0.6 is 0 Å². The minimum absolute atomic E-state index is 0.0626. The normalized spacial score (nSPS) is 13.1. The van der Waals surface area contributed by atoms with Crippen molar-refractivity contribution in [3.05, 3.63) is 12.2 Å². The summed E-state index contributed by atoms with van der Waals surface area (Å²) in [6, 6.07) is -0.614. The van der Waals surface area contributed by atoms with Crippen LogP contribution in [0.1, 0.15) is 206 Å². The molecule has 0 aromatic rings. The van der Waals surface area contributed by atoms with Crippen LogP contribution in [0.2, 0.25) is 0 Å². The monoisotopic (exact) mass is 594 g/mol. The molecule has 4 nitrogen and oxygen atoms in total. The van der Waals surface area contributed by atoms with Crippen LogP contribution in [0.25, 0.3) is 0 Å². The summed E-state index contributed by atoms with van der Waals surface area (Å²) in [5.41, 5.74) is 0. The van der Waals surface area contributed by atoms with Crippen molar-refractivity contribution in [2.75, 3.05) is 6.61 Å². The number of nitrogens with one attached hydrogen (secondary N) is 1. The summed E-state index contributed by atoms with van der Waals surface area (Å²) in [6.45, 7) is 4.30. The first-order chi connectivity index (χ1) is 20.7. The molecule has 0 fully saturated rings. The molecule has 1 amide bonds. The maximum absolute atomic E-state index is 12.3. The third-order valence-electron chi connectivity index (χ3n) is 8.77. The maximum atomic E-state index is 12.3. The Labute approximate surface area is 263 Å². The molecule has 0 spiro atoms. The Bertz CT molecular complexity index is 565. The van der Waals surface area contributed by atoms with E-state index in [1.165, 1.54) is 161 Å². The fourth-order valence-corrected chi connectivity index (χ4v) is 5.82. The quantitative estimate of drug-likeness (QED) is 0.0513. The zero-order valence-electron chi connectivity index (χ0n) is 28.5. The highest BCUT2D eigenvalue weighted by molar-refractivity contribution is 5.76. The fraction of sp³-hybridized carbons (Fsp3) is 0.921. The molecule has 0 saturated carbocycles.